The molecule has 0 atom stereocenters. The van der Waals surface area contributed by atoms with Gasteiger partial charge in [-0.15, -0.1) is 0 Å². The third kappa shape index (κ3) is 4.10. The van der Waals surface area contributed by atoms with E-state index in [4.69, 9.17) is 0 Å². The van der Waals surface area contributed by atoms with Gasteiger partial charge in [0.15, 0.2) is 0 Å². The van der Waals surface area contributed by atoms with Crippen molar-refractivity contribution < 1.29 is 0 Å². The number of benzene rings is 1. The van der Waals surface area contributed by atoms with E-state index in [1.54, 1.807) is 0 Å². The van der Waals surface area contributed by atoms with Crippen LogP contribution in [0.4, 0.5) is 0 Å². The Bertz CT molecular complexity index is 242. The second-order valence-electron chi connectivity index (χ2n) is 3.69. The van der Waals surface area contributed by atoms with Crippen LogP contribution in [0, 0.1) is 0 Å². The summed E-state index contributed by atoms with van der Waals surface area (Å²) in [6.07, 6.45) is 0. The second kappa shape index (κ2) is 4.97. The summed E-state index contributed by atoms with van der Waals surface area (Å²) in [4.78, 5) is 0. The van der Waals surface area contributed by atoms with Gasteiger partial charge in [0.2, 0.25) is 0 Å². The Hall–Kier alpha value is -0.0800. The Balaban J connectivity index is 2.44. The number of thiol groups is 1. The highest BCUT2D eigenvalue weighted by atomic mass is 32.2. The van der Waals surface area contributed by atoms with E-state index < -0.39 is 0 Å². The van der Waals surface area contributed by atoms with Gasteiger partial charge in [-0.25, -0.2) is 0 Å². The highest BCUT2D eigenvalue weighted by Gasteiger charge is 2.15. The molecule has 0 unspecified atom stereocenters. The van der Waals surface area contributed by atoms with Crippen molar-refractivity contribution in [2.75, 3.05) is 5.75 Å². The van der Waals surface area contributed by atoms with Crippen molar-refractivity contribution in [1.82, 2.24) is 0 Å². The molecule has 1 aromatic carbocycles. The second-order valence-corrected chi connectivity index (χ2v) is 5.69. The van der Waals surface area contributed by atoms with Crippen LogP contribution in [0.1, 0.15) is 19.4 Å². The lowest BCUT2D eigenvalue weighted by Gasteiger charge is -2.21. The van der Waals surface area contributed by atoms with Crippen LogP contribution in [0.3, 0.4) is 0 Å². The maximum Gasteiger partial charge on any atom is 0.0194 e. The molecule has 0 N–H and O–H groups in total. The third-order valence-corrected chi connectivity index (χ3v) is 4.26. The van der Waals surface area contributed by atoms with E-state index >= 15 is 0 Å². The number of hydrogen-bond donors (Lipinski definition) is 1. The molecule has 0 bridgehead atoms. The third-order valence-electron chi connectivity index (χ3n) is 1.85. The van der Waals surface area contributed by atoms with Crippen LogP contribution in [0.2, 0.25) is 0 Å². The molecule has 0 aliphatic carbocycles. The maximum absolute atomic E-state index is 4.33. The highest BCUT2D eigenvalue weighted by Crippen LogP contribution is 2.28. The quantitative estimate of drug-likeness (QED) is 0.744. The molecule has 0 aliphatic rings. The molecule has 0 radical (unpaired) electrons. The predicted octanol–water partition coefficient (Wildman–Crippen LogP) is 3.63. The fourth-order valence-electron chi connectivity index (χ4n) is 0.899. The van der Waals surface area contributed by atoms with Crippen molar-refractivity contribution in [3.8, 4) is 0 Å². The van der Waals surface area contributed by atoms with Gasteiger partial charge in [-0.1, -0.05) is 30.3 Å². The average Bonchev–Trinajstić information content (AvgIpc) is 2.17. The van der Waals surface area contributed by atoms with E-state index in [9.17, 15) is 0 Å². The van der Waals surface area contributed by atoms with E-state index in [2.05, 4.69) is 56.8 Å². The van der Waals surface area contributed by atoms with Crippen molar-refractivity contribution in [3.05, 3.63) is 35.9 Å². The lowest BCUT2D eigenvalue weighted by molar-refractivity contribution is 0.818. The standard InChI is InChI=1S/C11H16S2/c1-11(2,9-12)13-8-10-6-4-3-5-7-10/h3-7,12H,8-9H2,1-2H3. The molecule has 1 aromatic rings. The molecule has 0 nitrogen and oxygen atoms in total. The van der Waals surface area contributed by atoms with Crippen LogP contribution in [-0.4, -0.2) is 10.5 Å². The van der Waals surface area contributed by atoms with Gasteiger partial charge in [0.25, 0.3) is 0 Å². The topological polar surface area (TPSA) is 0 Å². The van der Waals surface area contributed by atoms with Gasteiger partial charge in [-0.2, -0.15) is 24.4 Å². The summed E-state index contributed by atoms with van der Waals surface area (Å²) in [7, 11) is 0. The molecular weight excluding hydrogens is 196 g/mol. The summed E-state index contributed by atoms with van der Waals surface area (Å²) >= 11 is 6.28. The molecule has 0 saturated heterocycles. The Labute approximate surface area is 90.5 Å². The molecule has 1 rings (SSSR count). The normalized spacial score (nSPS) is 11.6. The number of hydrogen-bond acceptors (Lipinski definition) is 2. The van der Waals surface area contributed by atoms with Crippen molar-refractivity contribution in [2.45, 2.75) is 24.3 Å². The SMILES string of the molecule is CC(C)(CS)SCc1ccccc1. The first-order chi connectivity index (χ1) is 6.14. The molecule has 0 fully saturated rings. The van der Waals surface area contributed by atoms with Crippen molar-refractivity contribution >= 4 is 24.4 Å². The first-order valence-electron chi connectivity index (χ1n) is 4.43. The van der Waals surface area contributed by atoms with Crippen LogP contribution < -0.4 is 0 Å². The van der Waals surface area contributed by atoms with Gasteiger partial charge in [0, 0.05) is 16.3 Å². The molecule has 2 heteroatoms. The summed E-state index contributed by atoms with van der Waals surface area (Å²) in [5.41, 5.74) is 1.39. The minimum Gasteiger partial charge on any atom is -0.178 e. The van der Waals surface area contributed by atoms with Gasteiger partial charge in [-0.05, 0) is 19.4 Å². The van der Waals surface area contributed by atoms with E-state index in [-0.39, 0.29) is 4.75 Å². The van der Waals surface area contributed by atoms with Crippen LogP contribution in [-0.2, 0) is 5.75 Å². The molecule has 0 saturated carbocycles. The molecule has 72 valence electrons. The minimum absolute atomic E-state index is 0.277. The first-order valence-corrected chi connectivity index (χ1v) is 6.04. The summed E-state index contributed by atoms with van der Waals surface area (Å²) in [5, 5.41) is 0. The summed E-state index contributed by atoms with van der Waals surface area (Å²) in [6, 6.07) is 10.6. The van der Waals surface area contributed by atoms with E-state index in [0.29, 0.717) is 0 Å². The van der Waals surface area contributed by atoms with Gasteiger partial charge in [-0.3, -0.25) is 0 Å². The average molecular weight is 212 g/mol. The van der Waals surface area contributed by atoms with E-state index in [0.717, 1.165) is 11.5 Å². The number of thioether (sulfide) groups is 1. The molecule has 0 aliphatic heterocycles. The zero-order valence-electron chi connectivity index (χ0n) is 8.16. The highest BCUT2D eigenvalue weighted by molar-refractivity contribution is 8.00. The summed E-state index contributed by atoms with van der Waals surface area (Å²) < 4.78 is 0.277. The molecular formula is C11H16S2. The monoisotopic (exact) mass is 212 g/mol. The Kier molecular flexibility index (Phi) is 4.20. The van der Waals surface area contributed by atoms with E-state index in [1.165, 1.54) is 5.56 Å². The van der Waals surface area contributed by atoms with Crippen molar-refractivity contribution in [1.29, 1.82) is 0 Å². The van der Waals surface area contributed by atoms with Gasteiger partial charge in [0.1, 0.15) is 0 Å². The van der Waals surface area contributed by atoms with Gasteiger partial charge < -0.3 is 0 Å². The summed E-state index contributed by atoms with van der Waals surface area (Å²) in [6.45, 7) is 4.46. The largest absolute Gasteiger partial charge is 0.178 e. The summed E-state index contributed by atoms with van der Waals surface area (Å²) in [5.74, 6) is 2.00. The Morgan fingerprint density at radius 2 is 1.85 bits per heavy atom. The molecule has 0 spiro atoms. The Morgan fingerprint density at radius 3 is 2.38 bits per heavy atom. The van der Waals surface area contributed by atoms with Gasteiger partial charge >= 0.3 is 0 Å². The Morgan fingerprint density at radius 1 is 1.23 bits per heavy atom. The molecule has 0 heterocycles. The van der Waals surface area contributed by atoms with Crippen LogP contribution in [0.25, 0.3) is 0 Å². The van der Waals surface area contributed by atoms with Crippen molar-refractivity contribution in [2.24, 2.45) is 0 Å². The first kappa shape index (κ1) is 11.0. The van der Waals surface area contributed by atoms with Crippen LogP contribution in [0.5, 0.6) is 0 Å². The fraction of sp³-hybridized carbons (Fsp3) is 0.455. The lowest BCUT2D eigenvalue weighted by Crippen LogP contribution is -2.16. The van der Waals surface area contributed by atoms with E-state index in [1.807, 2.05) is 11.8 Å². The zero-order valence-corrected chi connectivity index (χ0v) is 9.87. The van der Waals surface area contributed by atoms with Crippen LogP contribution in [0.15, 0.2) is 30.3 Å². The smallest absolute Gasteiger partial charge is 0.0194 e. The lowest BCUT2D eigenvalue weighted by atomic mass is 10.2. The molecule has 13 heavy (non-hydrogen) atoms. The molecule has 0 amide bonds. The zero-order chi connectivity index (χ0) is 9.73. The number of rotatable bonds is 4. The van der Waals surface area contributed by atoms with Gasteiger partial charge in [0.05, 0.1) is 0 Å². The fourth-order valence-corrected chi connectivity index (χ4v) is 2.01. The predicted molar refractivity (Wildman–Crippen MR) is 65.7 cm³/mol. The maximum atomic E-state index is 4.33. The van der Waals surface area contributed by atoms with Crippen molar-refractivity contribution in [3.63, 3.8) is 0 Å². The minimum atomic E-state index is 0.277. The molecule has 0 aromatic heterocycles. The van der Waals surface area contributed by atoms with Crippen LogP contribution >= 0.6 is 24.4 Å².